The number of hydrogen-bond donors (Lipinski definition) is 2. The lowest BCUT2D eigenvalue weighted by atomic mass is 9.89. The summed E-state index contributed by atoms with van der Waals surface area (Å²) in [5.41, 5.74) is 1.80. The average molecular weight is 277 g/mol. The number of halogens is 2. The maximum atomic E-state index is 13.5. The Morgan fingerprint density at radius 2 is 2.25 bits per heavy atom. The molecule has 1 heterocycles. The normalized spacial score (nSPS) is 17.6. The Morgan fingerprint density at radius 3 is 3.10 bits per heavy atom. The van der Waals surface area contributed by atoms with Crippen LogP contribution in [0, 0.1) is 17.6 Å². The van der Waals surface area contributed by atoms with E-state index in [-0.39, 0.29) is 17.5 Å². The van der Waals surface area contributed by atoms with Crippen LogP contribution in [0.25, 0.3) is 0 Å². The molecule has 1 amide bonds. The molecular weight excluding hydrogens is 264 g/mol. The first kappa shape index (κ1) is 12.8. The molecule has 6 heteroatoms. The lowest BCUT2D eigenvalue weighted by Crippen LogP contribution is -2.28. The number of H-pyrrole nitrogens is 1. The molecule has 0 radical (unpaired) electrons. The van der Waals surface area contributed by atoms with E-state index in [0.717, 1.165) is 29.6 Å². The molecule has 1 unspecified atom stereocenters. The summed E-state index contributed by atoms with van der Waals surface area (Å²) in [5, 5.41) is 2.46. The fourth-order valence-corrected chi connectivity index (χ4v) is 2.45. The van der Waals surface area contributed by atoms with Gasteiger partial charge in [-0.3, -0.25) is 4.79 Å². The first-order valence-corrected chi connectivity index (χ1v) is 6.40. The summed E-state index contributed by atoms with van der Waals surface area (Å²) in [6.07, 6.45) is 3.51. The minimum absolute atomic E-state index is 0.120. The number of nitrogens with zero attached hydrogens (tertiary/aromatic N) is 1. The van der Waals surface area contributed by atoms with E-state index in [1.54, 1.807) is 6.33 Å². The molecule has 4 nitrogen and oxygen atoms in total. The second-order valence-corrected chi connectivity index (χ2v) is 4.88. The molecular formula is C14H13F2N3O. The van der Waals surface area contributed by atoms with Gasteiger partial charge in [0, 0.05) is 24.1 Å². The van der Waals surface area contributed by atoms with Crippen LogP contribution in [0.15, 0.2) is 24.5 Å². The Balaban J connectivity index is 1.73. The Bertz CT molecular complexity index is 654. The minimum atomic E-state index is -0.641. The topological polar surface area (TPSA) is 57.8 Å². The zero-order chi connectivity index (χ0) is 14.1. The molecule has 0 fully saturated rings. The lowest BCUT2D eigenvalue weighted by molar-refractivity contribution is -0.120. The molecule has 104 valence electrons. The third-order valence-electron chi connectivity index (χ3n) is 3.54. The van der Waals surface area contributed by atoms with Gasteiger partial charge in [-0.05, 0) is 25.0 Å². The highest BCUT2D eigenvalue weighted by Gasteiger charge is 2.26. The quantitative estimate of drug-likeness (QED) is 0.885. The molecule has 1 atom stereocenters. The van der Waals surface area contributed by atoms with Crippen molar-refractivity contribution >= 4 is 11.6 Å². The van der Waals surface area contributed by atoms with Gasteiger partial charge in [0.25, 0.3) is 0 Å². The van der Waals surface area contributed by atoms with Crippen LogP contribution in [-0.4, -0.2) is 15.9 Å². The Morgan fingerprint density at radius 1 is 1.40 bits per heavy atom. The molecule has 0 saturated carbocycles. The highest BCUT2D eigenvalue weighted by atomic mass is 19.1. The van der Waals surface area contributed by atoms with E-state index >= 15 is 0 Å². The lowest BCUT2D eigenvalue weighted by Gasteiger charge is -2.20. The number of benzene rings is 1. The summed E-state index contributed by atoms with van der Waals surface area (Å²) in [7, 11) is 0. The van der Waals surface area contributed by atoms with Crippen molar-refractivity contribution in [2.24, 2.45) is 5.92 Å². The number of aryl methyl sites for hydroxylation is 1. The van der Waals surface area contributed by atoms with Gasteiger partial charge in [0.2, 0.25) is 5.91 Å². The Labute approximate surface area is 114 Å². The van der Waals surface area contributed by atoms with E-state index in [9.17, 15) is 13.6 Å². The summed E-state index contributed by atoms with van der Waals surface area (Å²) < 4.78 is 26.6. The predicted octanol–water partition coefficient (Wildman–Crippen LogP) is 2.43. The van der Waals surface area contributed by atoms with Crippen LogP contribution in [0.5, 0.6) is 0 Å². The molecule has 1 aliphatic rings. The Hall–Kier alpha value is -2.24. The maximum Gasteiger partial charge on any atom is 0.227 e. The van der Waals surface area contributed by atoms with Crippen molar-refractivity contribution in [2.75, 3.05) is 5.32 Å². The number of carbonyl (C=O) groups excluding carboxylic acids is 1. The van der Waals surface area contributed by atoms with Crippen molar-refractivity contribution in [2.45, 2.75) is 19.3 Å². The van der Waals surface area contributed by atoms with Gasteiger partial charge in [-0.1, -0.05) is 0 Å². The molecule has 0 saturated heterocycles. The van der Waals surface area contributed by atoms with Crippen molar-refractivity contribution in [3.05, 3.63) is 47.5 Å². The van der Waals surface area contributed by atoms with Crippen LogP contribution in [0.1, 0.15) is 17.8 Å². The number of aromatic nitrogens is 2. The molecule has 3 rings (SSSR count). The van der Waals surface area contributed by atoms with E-state index in [1.807, 2.05) is 0 Å². The number of imidazole rings is 1. The second kappa shape index (κ2) is 5.03. The molecule has 0 aliphatic heterocycles. The molecule has 0 bridgehead atoms. The molecule has 20 heavy (non-hydrogen) atoms. The van der Waals surface area contributed by atoms with Crippen LogP contribution in [-0.2, 0) is 17.6 Å². The highest BCUT2D eigenvalue weighted by molar-refractivity contribution is 5.93. The molecule has 1 aromatic heterocycles. The van der Waals surface area contributed by atoms with Gasteiger partial charge in [0.15, 0.2) is 0 Å². The second-order valence-electron chi connectivity index (χ2n) is 4.88. The number of rotatable bonds is 2. The zero-order valence-corrected chi connectivity index (χ0v) is 10.6. The summed E-state index contributed by atoms with van der Waals surface area (Å²) in [4.78, 5) is 19.3. The molecule has 1 aliphatic carbocycles. The van der Waals surface area contributed by atoms with Crippen LogP contribution in [0.2, 0.25) is 0 Å². The van der Waals surface area contributed by atoms with E-state index < -0.39 is 11.6 Å². The number of amides is 1. The van der Waals surface area contributed by atoms with Gasteiger partial charge < -0.3 is 10.3 Å². The van der Waals surface area contributed by atoms with E-state index in [1.165, 1.54) is 0 Å². The monoisotopic (exact) mass is 277 g/mol. The largest absolute Gasteiger partial charge is 0.348 e. The van der Waals surface area contributed by atoms with Crippen molar-refractivity contribution in [3.8, 4) is 0 Å². The van der Waals surface area contributed by atoms with Gasteiger partial charge in [-0.15, -0.1) is 0 Å². The summed E-state index contributed by atoms with van der Waals surface area (Å²) in [5.74, 6) is -1.78. The number of anilines is 1. The van der Waals surface area contributed by atoms with Crippen LogP contribution in [0.4, 0.5) is 14.5 Å². The molecule has 2 aromatic rings. The number of nitrogens with one attached hydrogen (secondary N) is 2. The fourth-order valence-electron chi connectivity index (χ4n) is 2.45. The summed E-state index contributed by atoms with van der Waals surface area (Å²) >= 11 is 0. The van der Waals surface area contributed by atoms with Crippen molar-refractivity contribution < 1.29 is 13.6 Å². The first-order chi connectivity index (χ1) is 9.63. The van der Waals surface area contributed by atoms with E-state index in [2.05, 4.69) is 15.3 Å². The number of aromatic amines is 1. The minimum Gasteiger partial charge on any atom is -0.348 e. The average Bonchev–Trinajstić information content (AvgIpc) is 2.90. The van der Waals surface area contributed by atoms with Crippen LogP contribution < -0.4 is 5.32 Å². The predicted molar refractivity (Wildman–Crippen MR) is 69.1 cm³/mol. The van der Waals surface area contributed by atoms with Crippen molar-refractivity contribution in [1.82, 2.24) is 9.97 Å². The summed E-state index contributed by atoms with van der Waals surface area (Å²) in [6.45, 7) is 0. The highest BCUT2D eigenvalue weighted by Crippen LogP contribution is 2.25. The van der Waals surface area contributed by atoms with Gasteiger partial charge in [0.05, 0.1) is 17.7 Å². The third-order valence-corrected chi connectivity index (χ3v) is 3.54. The van der Waals surface area contributed by atoms with Gasteiger partial charge >= 0.3 is 0 Å². The zero-order valence-electron chi connectivity index (χ0n) is 10.6. The van der Waals surface area contributed by atoms with Crippen molar-refractivity contribution in [1.29, 1.82) is 0 Å². The summed E-state index contributed by atoms with van der Waals surface area (Å²) in [6, 6.07) is 3.00. The SMILES string of the molecule is O=C(Nc1cc(F)ccc1F)C1CCc2nc[nH]c2C1. The van der Waals surface area contributed by atoms with E-state index in [4.69, 9.17) is 0 Å². The smallest absolute Gasteiger partial charge is 0.227 e. The molecule has 1 aromatic carbocycles. The standard InChI is InChI=1S/C14H13F2N3O/c15-9-2-3-10(16)12(6-9)19-14(20)8-1-4-11-13(5-8)18-7-17-11/h2-3,6-8H,1,4-5H2,(H,17,18)(H,19,20). The van der Waals surface area contributed by atoms with Crippen LogP contribution >= 0.6 is 0 Å². The van der Waals surface area contributed by atoms with Gasteiger partial charge in [-0.2, -0.15) is 0 Å². The van der Waals surface area contributed by atoms with Crippen molar-refractivity contribution in [3.63, 3.8) is 0 Å². The van der Waals surface area contributed by atoms with E-state index in [0.29, 0.717) is 19.3 Å². The van der Waals surface area contributed by atoms with Gasteiger partial charge in [-0.25, -0.2) is 13.8 Å². The molecule has 0 spiro atoms. The fraction of sp³-hybridized carbons (Fsp3) is 0.286. The number of hydrogen-bond acceptors (Lipinski definition) is 2. The van der Waals surface area contributed by atoms with Gasteiger partial charge in [0.1, 0.15) is 11.6 Å². The van der Waals surface area contributed by atoms with Crippen LogP contribution in [0.3, 0.4) is 0 Å². The Kier molecular flexibility index (Phi) is 3.22. The maximum absolute atomic E-state index is 13.5. The first-order valence-electron chi connectivity index (χ1n) is 6.40. The third kappa shape index (κ3) is 2.41. The number of fused-ring (bicyclic) bond motifs is 1. The number of carbonyl (C=O) groups is 1. The molecule has 2 N–H and O–H groups in total.